The number of hydrogen-bond donors (Lipinski definition) is 1. The molecule has 2 nitrogen and oxygen atoms in total. The zero-order chi connectivity index (χ0) is 13.7. The highest BCUT2D eigenvalue weighted by atomic mass is 32.1. The predicted octanol–water partition coefficient (Wildman–Crippen LogP) is 4.09. The molecule has 1 aromatic rings. The molecule has 0 atom stereocenters. The van der Waals surface area contributed by atoms with E-state index in [2.05, 4.69) is 38.2 Å². The molecule has 0 amide bonds. The maximum Gasteiger partial charge on any atom is 0.0594 e. The van der Waals surface area contributed by atoms with Crippen molar-refractivity contribution in [2.75, 3.05) is 13.2 Å². The van der Waals surface area contributed by atoms with Gasteiger partial charge in [0.15, 0.2) is 0 Å². The lowest BCUT2D eigenvalue weighted by Gasteiger charge is -2.15. The Balaban J connectivity index is 1.61. The molecule has 0 radical (unpaired) electrons. The van der Waals surface area contributed by atoms with Crippen LogP contribution in [0.25, 0.3) is 0 Å². The SMILES string of the molecule is CC(C)(C)c1ccc(CNCCOC2CCCC2)s1. The van der Waals surface area contributed by atoms with E-state index in [0.717, 1.165) is 19.7 Å². The third-order valence-electron chi connectivity index (χ3n) is 3.63. The van der Waals surface area contributed by atoms with Crippen LogP contribution in [0, 0.1) is 0 Å². The average Bonchev–Trinajstić information content (AvgIpc) is 2.97. The standard InChI is InChI=1S/C16H27NOS/c1-16(2,3)15-9-8-14(19-15)12-17-10-11-18-13-6-4-5-7-13/h8-9,13,17H,4-7,10-12H2,1-3H3. The van der Waals surface area contributed by atoms with E-state index in [9.17, 15) is 0 Å². The van der Waals surface area contributed by atoms with E-state index in [0.29, 0.717) is 6.10 Å². The number of rotatable bonds is 6. The molecule has 3 heteroatoms. The molecule has 1 fully saturated rings. The van der Waals surface area contributed by atoms with Gasteiger partial charge in [0, 0.05) is 22.8 Å². The lowest BCUT2D eigenvalue weighted by atomic mass is 9.95. The van der Waals surface area contributed by atoms with Crippen LogP contribution >= 0.6 is 11.3 Å². The molecule has 1 heterocycles. The molecule has 1 aromatic heterocycles. The van der Waals surface area contributed by atoms with Crippen molar-refractivity contribution in [3.8, 4) is 0 Å². The van der Waals surface area contributed by atoms with E-state index in [4.69, 9.17) is 4.74 Å². The lowest BCUT2D eigenvalue weighted by molar-refractivity contribution is 0.0603. The largest absolute Gasteiger partial charge is 0.377 e. The third kappa shape index (κ3) is 4.90. The molecule has 19 heavy (non-hydrogen) atoms. The van der Waals surface area contributed by atoms with Gasteiger partial charge in [-0.3, -0.25) is 0 Å². The fraction of sp³-hybridized carbons (Fsp3) is 0.750. The van der Waals surface area contributed by atoms with Gasteiger partial charge < -0.3 is 10.1 Å². The molecule has 0 unspecified atom stereocenters. The highest BCUT2D eigenvalue weighted by molar-refractivity contribution is 7.12. The molecular formula is C16H27NOS. The van der Waals surface area contributed by atoms with E-state index in [1.54, 1.807) is 0 Å². The van der Waals surface area contributed by atoms with Crippen LogP contribution in [0.3, 0.4) is 0 Å². The van der Waals surface area contributed by atoms with Crippen molar-refractivity contribution in [2.24, 2.45) is 0 Å². The van der Waals surface area contributed by atoms with Gasteiger partial charge in [-0.25, -0.2) is 0 Å². The summed E-state index contributed by atoms with van der Waals surface area (Å²) in [4.78, 5) is 2.89. The average molecular weight is 281 g/mol. The van der Waals surface area contributed by atoms with Crippen molar-refractivity contribution in [2.45, 2.75) is 64.5 Å². The Labute approximate surface area is 121 Å². The van der Waals surface area contributed by atoms with E-state index in [1.165, 1.54) is 35.4 Å². The number of hydrogen-bond acceptors (Lipinski definition) is 3. The van der Waals surface area contributed by atoms with Crippen LogP contribution in [0.15, 0.2) is 12.1 Å². The van der Waals surface area contributed by atoms with Crippen LogP contribution in [0.2, 0.25) is 0 Å². The second-order valence-electron chi connectivity index (χ2n) is 6.47. The number of thiophene rings is 1. The summed E-state index contributed by atoms with van der Waals surface area (Å²) in [6.07, 6.45) is 5.77. The number of nitrogens with one attached hydrogen (secondary N) is 1. The van der Waals surface area contributed by atoms with Gasteiger partial charge in [-0.1, -0.05) is 33.6 Å². The summed E-state index contributed by atoms with van der Waals surface area (Å²) in [7, 11) is 0. The normalized spacial score (nSPS) is 17.2. The molecule has 0 aromatic carbocycles. The Hall–Kier alpha value is -0.380. The van der Waals surface area contributed by atoms with Crippen LogP contribution in [0.5, 0.6) is 0 Å². The third-order valence-corrected chi connectivity index (χ3v) is 5.15. The Morgan fingerprint density at radius 3 is 2.63 bits per heavy atom. The molecule has 1 saturated carbocycles. The van der Waals surface area contributed by atoms with Gasteiger partial charge in [0.05, 0.1) is 12.7 Å². The van der Waals surface area contributed by atoms with Crippen molar-refractivity contribution < 1.29 is 4.74 Å². The van der Waals surface area contributed by atoms with E-state index in [1.807, 2.05) is 11.3 Å². The van der Waals surface area contributed by atoms with Crippen molar-refractivity contribution in [3.05, 3.63) is 21.9 Å². The highest BCUT2D eigenvalue weighted by Gasteiger charge is 2.16. The van der Waals surface area contributed by atoms with Crippen LogP contribution in [-0.4, -0.2) is 19.3 Å². The minimum Gasteiger partial charge on any atom is -0.377 e. The zero-order valence-electron chi connectivity index (χ0n) is 12.5. The van der Waals surface area contributed by atoms with Crippen molar-refractivity contribution in [1.82, 2.24) is 5.32 Å². The Kier molecular flexibility index (Phi) is 5.43. The van der Waals surface area contributed by atoms with E-state index >= 15 is 0 Å². The van der Waals surface area contributed by atoms with Gasteiger partial charge in [-0.15, -0.1) is 11.3 Å². The van der Waals surface area contributed by atoms with Gasteiger partial charge in [0.1, 0.15) is 0 Å². The van der Waals surface area contributed by atoms with Gasteiger partial charge in [-0.2, -0.15) is 0 Å². The molecule has 0 bridgehead atoms. The highest BCUT2D eigenvalue weighted by Crippen LogP contribution is 2.29. The molecule has 0 spiro atoms. The topological polar surface area (TPSA) is 21.3 Å². The lowest BCUT2D eigenvalue weighted by Crippen LogP contribution is -2.21. The fourth-order valence-corrected chi connectivity index (χ4v) is 3.48. The van der Waals surface area contributed by atoms with Crippen LogP contribution in [0.1, 0.15) is 56.2 Å². The smallest absolute Gasteiger partial charge is 0.0594 e. The van der Waals surface area contributed by atoms with Crippen LogP contribution in [0.4, 0.5) is 0 Å². The second-order valence-corrected chi connectivity index (χ2v) is 7.64. The molecule has 2 rings (SSSR count). The van der Waals surface area contributed by atoms with E-state index < -0.39 is 0 Å². The minimum absolute atomic E-state index is 0.272. The molecule has 1 aliphatic carbocycles. The van der Waals surface area contributed by atoms with Gasteiger partial charge in [-0.05, 0) is 30.4 Å². The summed E-state index contributed by atoms with van der Waals surface area (Å²) in [5, 5.41) is 3.48. The Morgan fingerprint density at radius 1 is 1.26 bits per heavy atom. The summed E-state index contributed by atoms with van der Waals surface area (Å²) in [5.74, 6) is 0. The quantitative estimate of drug-likeness (QED) is 0.793. The van der Waals surface area contributed by atoms with E-state index in [-0.39, 0.29) is 5.41 Å². The first-order valence-electron chi connectivity index (χ1n) is 7.47. The van der Waals surface area contributed by atoms with Gasteiger partial charge >= 0.3 is 0 Å². The first-order chi connectivity index (χ1) is 9.05. The van der Waals surface area contributed by atoms with Crippen LogP contribution < -0.4 is 5.32 Å². The first kappa shape index (κ1) is 15.0. The summed E-state index contributed by atoms with van der Waals surface area (Å²) < 4.78 is 5.84. The van der Waals surface area contributed by atoms with Gasteiger partial charge in [0.2, 0.25) is 0 Å². The molecule has 1 aliphatic rings. The second kappa shape index (κ2) is 6.87. The minimum atomic E-state index is 0.272. The van der Waals surface area contributed by atoms with Gasteiger partial charge in [0.25, 0.3) is 0 Å². The predicted molar refractivity (Wildman–Crippen MR) is 82.9 cm³/mol. The Morgan fingerprint density at radius 2 is 2.00 bits per heavy atom. The monoisotopic (exact) mass is 281 g/mol. The summed E-state index contributed by atoms with van der Waals surface area (Å²) in [6.45, 7) is 9.58. The summed E-state index contributed by atoms with van der Waals surface area (Å²) in [5.41, 5.74) is 0.272. The van der Waals surface area contributed by atoms with Crippen molar-refractivity contribution >= 4 is 11.3 Å². The molecule has 108 valence electrons. The molecule has 0 saturated heterocycles. The van der Waals surface area contributed by atoms with Crippen molar-refractivity contribution in [3.63, 3.8) is 0 Å². The maximum absolute atomic E-state index is 5.84. The first-order valence-corrected chi connectivity index (χ1v) is 8.29. The fourth-order valence-electron chi connectivity index (χ4n) is 2.44. The van der Waals surface area contributed by atoms with Crippen LogP contribution in [-0.2, 0) is 16.7 Å². The molecule has 1 N–H and O–H groups in total. The summed E-state index contributed by atoms with van der Waals surface area (Å²) >= 11 is 1.92. The molecule has 0 aliphatic heterocycles. The summed E-state index contributed by atoms with van der Waals surface area (Å²) in [6, 6.07) is 4.51. The van der Waals surface area contributed by atoms with Crippen molar-refractivity contribution in [1.29, 1.82) is 0 Å². The Bertz CT molecular complexity index is 374. The number of ether oxygens (including phenoxy) is 1. The zero-order valence-corrected chi connectivity index (χ0v) is 13.3. The molecular weight excluding hydrogens is 254 g/mol. The maximum atomic E-state index is 5.84.